The number of allylic oxidation sites excluding steroid dienone is 1. The standard InChI is InChI=1S/C9H12O5/c1-7(3-2-4-8(11)12)9(13)14-6-5-10/h2,4,10H,1,3,5-6H2,(H,11,12). The van der Waals surface area contributed by atoms with E-state index in [0.717, 1.165) is 6.08 Å². The minimum Gasteiger partial charge on any atom is -0.478 e. The van der Waals surface area contributed by atoms with E-state index >= 15 is 0 Å². The quantitative estimate of drug-likeness (QED) is 0.469. The molecule has 2 N–H and O–H groups in total. The Kier molecular flexibility index (Phi) is 6.06. The average molecular weight is 200 g/mol. The van der Waals surface area contributed by atoms with Crippen LogP contribution in [-0.4, -0.2) is 35.4 Å². The lowest BCUT2D eigenvalue weighted by Gasteiger charge is -2.02. The second kappa shape index (κ2) is 6.85. The Hall–Kier alpha value is -1.62. The minimum absolute atomic E-state index is 0.0828. The third-order valence-corrected chi connectivity index (χ3v) is 1.24. The molecule has 0 saturated carbocycles. The van der Waals surface area contributed by atoms with Gasteiger partial charge in [-0.2, -0.15) is 0 Å². The van der Waals surface area contributed by atoms with Crippen LogP contribution in [0.1, 0.15) is 6.42 Å². The smallest absolute Gasteiger partial charge is 0.333 e. The van der Waals surface area contributed by atoms with Gasteiger partial charge in [0.1, 0.15) is 6.61 Å². The second-order valence-corrected chi connectivity index (χ2v) is 2.41. The van der Waals surface area contributed by atoms with Crippen LogP contribution in [0.15, 0.2) is 24.3 Å². The van der Waals surface area contributed by atoms with Crippen molar-refractivity contribution in [1.29, 1.82) is 0 Å². The second-order valence-electron chi connectivity index (χ2n) is 2.41. The molecule has 0 aliphatic rings. The molecule has 0 radical (unpaired) electrons. The number of carbonyl (C=O) groups is 2. The van der Waals surface area contributed by atoms with Crippen molar-refractivity contribution in [3.8, 4) is 0 Å². The van der Waals surface area contributed by atoms with Gasteiger partial charge in [-0.15, -0.1) is 0 Å². The molecule has 0 aromatic rings. The largest absolute Gasteiger partial charge is 0.478 e. The lowest BCUT2D eigenvalue weighted by molar-refractivity contribution is -0.140. The van der Waals surface area contributed by atoms with E-state index in [-0.39, 0.29) is 25.2 Å². The number of hydrogen-bond acceptors (Lipinski definition) is 4. The van der Waals surface area contributed by atoms with Crippen molar-refractivity contribution in [2.45, 2.75) is 6.42 Å². The number of rotatable bonds is 6. The van der Waals surface area contributed by atoms with E-state index in [0.29, 0.717) is 0 Å². The number of hydrogen-bond donors (Lipinski definition) is 2. The monoisotopic (exact) mass is 200 g/mol. The first kappa shape index (κ1) is 12.4. The van der Waals surface area contributed by atoms with Crippen LogP contribution in [0.2, 0.25) is 0 Å². The molecule has 14 heavy (non-hydrogen) atoms. The van der Waals surface area contributed by atoms with Gasteiger partial charge in [0.2, 0.25) is 0 Å². The Morgan fingerprint density at radius 1 is 1.43 bits per heavy atom. The first-order valence-electron chi connectivity index (χ1n) is 3.93. The summed E-state index contributed by atoms with van der Waals surface area (Å²) in [5.41, 5.74) is 0.149. The van der Waals surface area contributed by atoms with Crippen LogP contribution in [-0.2, 0) is 14.3 Å². The fourth-order valence-electron chi connectivity index (χ4n) is 0.626. The van der Waals surface area contributed by atoms with Gasteiger partial charge in [-0.25, -0.2) is 9.59 Å². The van der Waals surface area contributed by atoms with Gasteiger partial charge in [-0.05, 0) is 6.42 Å². The number of carbonyl (C=O) groups excluding carboxylic acids is 1. The highest BCUT2D eigenvalue weighted by Gasteiger charge is 2.05. The Bertz CT molecular complexity index is 254. The van der Waals surface area contributed by atoms with Gasteiger partial charge in [0.05, 0.1) is 6.61 Å². The number of esters is 1. The van der Waals surface area contributed by atoms with Crippen LogP contribution in [0.5, 0.6) is 0 Å². The summed E-state index contributed by atoms with van der Waals surface area (Å²) in [6, 6.07) is 0. The van der Waals surface area contributed by atoms with Crippen molar-refractivity contribution >= 4 is 11.9 Å². The van der Waals surface area contributed by atoms with Crippen LogP contribution >= 0.6 is 0 Å². The summed E-state index contributed by atoms with van der Waals surface area (Å²) in [5, 5.41) is 16.6. The molecule has 0 aliphatic carbocycles. The van der Waals surface area contributed by atoms with E-state index in [9.17, 15) is 9.59 Å². The minimum atomic E-state index is -1.08. The number of ether oxygens (including phenoxy) is 1. The van der Waals surface area contributed by atoms with Gasteiger partial charge in [0.15, 0.2) is 0 Å². The highest BCUT2D eigenvalue weighted by Crippen LogP contribution is 2.01. The van der Waals surface area contributed by atoms with Crippen LogP contribution in [0, 0.1) is 0 Å². The molecule has 0 saturated heterocycles. The molecule has 0 aromatic heterocycles. The van der Waals surface area contributed by atoms with E-state index in [2.05, 4.69) is 11.3 Å². The van der Waals surface area contributed by atoms with E-state index in [1.54, 1.807) is 0 Å². The lowest BCUT2D eigenvalue weighted by atomic mass is 10.2. The van der Waals surface area contributed by atoms with Crippen LogP contribution < -0.4 is 0 Å². The molecule has 0 atom stereocenters. The SMILES string of the molecule is C=C(CC=CC(=O)O)C(=O)OCCO. The summed E-state index contributed by atoms with van der Waals surface area (Å²) in [7, 11) is 0. The molecule has 0 heterocycles. The summed E-state index contributed by atoms with van der Waals surface area (Å²) in [6.07, 6.45) is 2.34. The van der Waals surface area contributed by atoms with E-state index in [1.807, 2.05) is 0 Å². The van der Waals surface area contributed by atoms with Gasteiger partial charge in [-0.1, -0.05) is 12.7 Å². The molecule has 5 nitrogen and oxygen atoms in total. The fourth-order valence-corrected chi connectivity index (χ4v) is 0.626. The number of aliphatic hydroxyl groups is 1. The third-order valence-electron chi connectivity index (χ3n) is 1.24. The molecule has 0 rings (SSSR count). The van der Waals surface area contributed by atoms with Crippen molar-refractivity contribution in [2.24, 2.45) is 0 Å². The molecule has 0 aromatic carbocycles. The zero-order valence-corrected chi connectivity index (χ0v) is 7.60. The molecule has 78 valence electrons. The predicted molar refractivity (Wildman–Crippen MR) is 48.6 cm³/mol. The molecular formula is C9H12O5. The highest BCUT2D eigenvalue weighted by atomic mass is 16.5. The molecule has 0 fully saturated rings. The van der Waals surface area contributed by atoms with Gasteiger partial charge < -0.3 is 14.9 Å². The molecule has 5 heteroatoms. The summed E-state index contributed by atoms with van der Waals surface area (Å²) in [4.78, 5) is 21.0. The summed E-state index contributed by atoms with van der Waals surface area (Å²) in [5.74, 6) is -1.71. The maximum Gasteiger partial charge on any atom is 0.333 e. The lowest BCUT2D eigenvalue weighted by Crippen LogP contribution is -2.09. The van der Waals surface area contributed by atoms with E-state index in [4.69, 9.17) is 10.2 Å². The molecule has 0 unspecified atom stereocenters. The molecular weight excluding hydrogens is 188 g/mol. The van der Waals surface area contributed by atoms with E-state index in [1.165, 1.54) is 6.08 Å². The summed E-state index contributed by atoms with van der Waals surface area (Å²) < 4.78 is 4.54. The molecule has 0 spiro atoms. The van der Waals surface area contributed by atoms with Crippen LogP contribution in [0.25, 0.3) is 0 Å². The average Bonchev–Trinajstić information content (AvgIpc) is 2.13. The van der Waals surface area contributed by atoms with Crippen LogP contribution in [0.3, 0.4) is 0 Å². The zero-order chi connectivity index (χ0) is 11.0. The molecule has 0 aliphatic heterocycles. The Balaban J connectivity index is 3.84. The van der Waals surface area contributed by atoms with Crippen LogP contribution in [0.4, 0.5) is 0 Å². The normalized spacial score (nSPS) is 10.1. The number of carboxylic acids is 1. The first-order valence-corrected chi connectivity index (χ1v) is 3.93. The number of aliphatic carboxylic acids is 1. The summed E-state index contributed by atoms with van der Waals surface area (Å²) in [6.45, 7) is 3.08. The van der Waals surface area contributed by atoms with Gasteiger partial charge in [0, 0.05) is 11.6 Å². The zero-order valence-electron chi connectivity index (χ0n) is 7.60. The van der Waals surface area contributed by atoms with Crippen molar-refractivity contribution in [3.63, 3.8) is 0 Å². The van der Waals surface area contributed by atoms with Crippen molar-refractivity contribution in [2.75, 3.05) is 13.2 Å². The van der Waals surface area contributed by atoms with Gasteiger partial charge in [0.25, 0.3) is 0 Å². The maximum atomic E-state index is 11.0. The Morgan fingerprint density at radius 2 is 2.07 bits per heavy atom. The highest BCUT2D eigenvalue weighted by molar-refractivity contribution is 5.88. The van der Waals surface area contributed by atoms with Crippen molar-refractivity contribution in [1.82, 2.24) is 0 Å². The fraction of sp³-hybridized carbons (Fsp3) is 0.333. The maximum absolute atomic E-state index is 11.0. The predicted octanol–water partition coefficient (Wildman–Crippen LogP) is 0.109. The topological polar surface area (TPSA) is 83.8 Å². The number of aliphatic hydroxyl groups excluding tert-OH is 1. The summed E-state index contributed by atoms with van der Waals surface area (Å²) >= 11 is 0. The Morgan fingerprint density at radius 3 is 2.57 bits per heavy atom. The van der Waals surface area contributed by atoms with Gasteiger partial charge >= 0.3 is 11.9 Å². The third kappa shape index (κ3) is 5.96. The molecule has 0 amide bonds. The van der Waals surface area contributed by atoms with Crippen molar-refractivity contribution < 1.29 is 24.5 Å². The van der Waals surface area contributed by atoms with E-state index < -0.39 is 11.9 Å². The number of carboxylic acid groups (broad SMARTS) is 1. The Labute approximate surface area is 81.3 Å². The molecule has 0 bridgehead atoms. The first-order chi connectivity index (χ1) is 6.57. The van der Waals surface area contributed by atoms with Crippen molar-refractivity contribution in [3.05, 3.63) is 24.3 Å². The van der Waals surface area contributed by atoms with Gasteiger partial charge in [-0.3, -0.25) is 0 Å².